The van der Waals surface area contributed by atoms with Crippen molar-refractivity contribution in [3.8, 4) is 0 Å². The van der Waals surface area contributed by atoms with Crippen LogP contribution in [0.1, 0.15) is 75.5 Å². The molecule has 2 aliphatic heterocycles. The molecule has 2 aliphatic rings. The molecule has 0 radical (unpaired) electrons. The minimum absolute atomic E-state index is 0.0341. The van der Waals surface area contributed by atoms with Crippen molar-refractivity contribution in [3.63, 3.8) is 0 Å². The van der Waals surface area contributed by atoms with Crippen molar-refractivity contribution in [2.45, 2.75) is 76.8 Å². The number of aromatic nitrogens is 2. The Bertz CT molecular complexity index is 926. The monoisotopic (exact) mass is 474 g/mol. The lowest BCUT2D eigenvalue weighted by Gasteiger charge is -2.34. The van der Waals surface area contributed by atoms with Gasteiger partial charge in [0.05, 0.1) is 5.69 Å². The van der Waals surface area contributed by atoms with E-state index in [1.54, 1.807) is 18.8 Å². The Morgan fingerprint density at radius 1 is 1.21 bits per heavy atom. The van der Waals surface area contributed by atoms with Crippen LogP contribution < -0.4 is 16.0 Å². The van der Waals surface area contributed by atoms with Crippen molar-refractivity contribution in [1.29, 1.82) is 0 Å². The van der Waals surface area contributed by atoms with Crippen LogP contribution in [0.25, 0.3) is 0 Å². The average Bonchev–Trinajstić information content (AvgIpc) is 3.20. The molecular formula is C24H38N6O4. The summed E-state index contributed by atoms with van der Waals surface area (Å²) in [6.45, 7) is 7.38. The molecule has 0 aromatic carbocycles. The Kier molecular flexibility index (Phi) is 7.99. The summed E-state index contributed by atoms with van der Waals surface area (Å²) in [4.78, 5) is 51.7. The van der Waals surface area contributed by atoms with Gasteiger partial charge in [0, 0.05) is 39.0 Å². The molecule has 2 atom stereocenters. The lowest BCUT2D eigenvalue weighted by atomic mass is 9.89. The SMILES string of the molecule is CNC(=O)[C@H](CC1CCN(C(=O)c2cc(C(C)(C)C)nn2C)CC1)NC(=O)[C@H]1CCCC(=O)N1. The molecule has 10 heteroatoms. The van der Waals surface area contributed by atoms with Crippen LogP contribution in [-0.2, 0) is 26.8 Å². The first kappa shape index (κ1) is 25.7. The zero-order valence-electron chi connectivity index (χ0n) is 20.9. The number of piperidine rings is 2. The predicted molar refractivity (Wildman–Crippen MR) is 127 cm³/mol. The highest BCUT2D eigenvalue weighted by Crippen LogP contribution is 2.26. The number of likely N-dealkylation sites (N-methyl/N-ethyl adjacent to an activating group) is 1. The third-order valence-corrected chi connectivity index (χ3v) is 6.77. The van der Waals surface area contributed by atoms with Crippen LogP contribution in [0.5, 0.6) is 0 Å². The van der Waals surface area contributed by atoms with Gasteiger partial charge in [0.25, 0.3) is 5.91 Å². The van der Waals surface area contributed by atoms with Gasteiger partial charge in [0.1, 0.15) is 17.8 Å². The highest BCUT2D eigenvalue weighted by molar-refractivity contribution is 5.93. The van der Waals surface area contributed by atoms with E-state index in [9.17, 15) is 19.2 Å². The number of nitrogens with one attached hydrogen (secondary N) is 3. The molecular weight excluding hydrogens is 436 g/mol. The predicted octanol–water partition coefficient (Wildman–Crippen LogP) is 0.859. The van der Waals surface area contributed by atoms with Gasteiger partial charge in [-0.15, -0.1) is 0 Å². The zero-order valence-corrected chi connectivity index (χ0v) is 20.9. The maximum atomic E-state index is 13.1. The van der Waals surface area contributed by atoms with Crippen LogP contribution in [0.4, 0.5) is 0 Å². The maximum Gasteiger partial charge on any atom is 0.272 e. The van der Waals surface area contributed by atoms with E-state index in [2.05, 4.69) is 41.8 Å². The molecule has 2 fully saturated rings. The minimum atomic E-state index is -0.671. The lowest BCUT2D eigenvalue weighted by Crippen LogP contribution is -2.55. The van der Waals surface area contributed by atoms with Gasteiger partial charge in [-0.05, 0) is 44.1 Å². The maximum absolute atomic E-state index is 13.1. The second kappa shape index (κ2) is 10.6. The Hall–Kier alpha value is -2.91. The summed E-state index contributed by atoms with van der Waals surface area (Å²) >= 11 is 0. The average molecular weight is 475 g/mol. The van der Waals surface area contributed by atoms with Crippen LogP contribution >= 0.6 is 0 Å². The third kappa shape index (κ3) is 6.15. The smallest absolute Gasteiger partial charge is 0.272 e. The van der Waals surface area contributed by atoms with Gasteiger partial charge in [-0.2, -0.15) is 5.10 Å². The van der Waals surface area contributed by atoms with E-state index in [-0.39, 0.29) is 35.0 Å². The summed E-state index contributed by atoms with van der Waals surface area (Å²) in [5.74, 6) is -0.542. The number of likely N-dealkylation sites (tertiary alicyclic amines) is 1. The number of aryl methyl sites for hydroxylation is 1. The van der Waals surface area contributed by atoms with E-state index in [0.717, 1.165) is 18.5 Å². The van der Waals surface area contributed by atoms with Gasteiger partial charge < -0.3 is 20.9 Å². The normalized spacial score (nSPS) is 20.4. The molecule has 34 heavy (non-hydrogen) atoms. The Morgan fingerprint density at radius 3 is 2.44 bits per heavy atom. The van der Waals surface area contributed by atoms with Crippen molar-refractivity contribution >= 4 is 23.6 Å². The van der Waals surface area contributed by atoms with E-state index in [4.69, 9.17) is 0 Å². The fourth-order valence-electron chi connectivity index (χ4n) is 4.58. The van der Waals surface area contributed by atoms with Gasteiger partial charge in [0.2, 0.25) is 17.7 Å². The summed E-state index contributed by atoms with van der Waals surface area (Å²) in [6.07, 6.45) is 3.65. The van der Waals surface area contributed by atoms with Gasteiger partial charge >= 0.3 is 0 Å². The number of hydrogen-bond donors (Lipinski definition) is 3. The van der Waals surface area contributed by atoms with Crippen molar-refractivity contribution in [3.05, 3.63) is 17.5 Å². The van der Waals surface area contributed by atoms with Crippen molar-refractivity contribution in [2.75, 3.05) is 20.1 Å². The number of nitrogens with zero attached hydrogens (tertiary/aromatic N) is 3. The molecule has 3 rings (SSSR count). The van der Waals surface area contributed by atoms with Gasteiger partial charge in [-0.25, -0.2) is 0 Å². The number of rotatable bonds is 6. The largest absolute Gasteiger partial charge is 0.357 e. The fraction of sp³-hybridized carbons (Fsp3) is 0.708. The summed E-state index contributed by atoms with van der Waals surface area (Å²) in [5, 5.41) is 12.7. The van der Waals surface area contributed by atoms with Gasteiger partial charge in [-0.1, -0.05) is 20.8 Å². The van der Waals surface area contributed by atoms with Crippen molar-refractivity contribution < 1.29 is 19.2 Å². The van der Waals surface area contributed by atoms with Crippen LogP contribution in [0.3, 0.4) is 0 Å². The number of hydrogen-bond acceptors (Lipinski definition) is 5. The zero-order chi connectivity index (χ0) is 25.0. The molecule has 3 heterocycles. The fourth-order valence-corrected chi connectivity index (χ4v) is 4.58. The highest BCUT2D eigenvalue weighted by Gasteiger charge is 2.32. The second-order valence-corrected chi connectivity index (χ2v) is 10.4. The van der Waals surface area contributed by atoms with Crippen molar-refractivity contribution in [1.82, 2.24) is 30.6 Å². The Morgan fingerprint density at radius 2 is 1.88 bits per heavy atom. The van der Waals surface area contributed by atoms with E-state index >= 15 is 0 Å². The quantitative estimate of drug-likeness (QED) is 0.564. The highest BCUT2D eigenvalue weighted by atomic mass is 16.2. The Balaban J connectivity index is 1.57. The molecule has 188 valence electrons. The molecule has 2 saturated heterocycles. The molecule has 1 aromatic rings. The van der Waals surface area contributed by atoms with Crippen LogP contribution in [0, 0.1) is 5.92 Å². The van der Waals surface area contributed by atoms with Gasteiger partial charge in [-0.3, -0.25) is 23.9 Å². The standard InChI is InChI=1S/C24H38N6O4/c1-24(2,3)19-14-18(29(5)28-19)23(34)30-11-9-15(10-12-30)13-17(21(32)25-4)27-22(33)16-7-6-8-20(31)26-16/h14-17H,6-13H2,1-5H3,(H,25,32)(H,26,31)(H,27,33)/t16-,17+/m1/s1. The van der Waals surface area contributed by atoms with Gasteiger partial charge in [0.15, 0.2) is 0 Å². The second-order valence-electron chi connectivity index (χ2n) is 10.4. The Labute approximate surface area is 201 Å². The molecule has 0 aliphatic carbocycles. The molecule has 0 unspecified atom stereocenters. The van der Waals surface area contributed by atoms with Crippen LogP contribution in [-0.4, -0.2) is 70.5 Å². The van der Waals surface area contributed by atoms with Crippen molar-refractivity contribution in [2.24, 2.45) is 13.0 Å². The summed E-state index contributed by atoms with van der Waals surface area (Å²) < 4.78 is 1.65. The van der Waals surface area contributed by atoms with E-state index in [1.807, 2.05) is 11.0 Å². The number of carbonyl (C=O) groups is 4. The first-order valence-electron chi connectivity index (χ1n) is 12.1. The third-order valence-electron chi connectivity index (χ3n) is 6.77. The number of amides is 4. The van der Waals surface area contributed by atoms with E-state index in [0.29, 0.717) is 44.5 Å². The molecule has 3 N–H and O–H groups in total. The van der Waals surface area contributed by atoms with Crippen LogP contribution in [0.15, 0.2) is 6.07 Å². The molecule has 0 bridgehead atoms. The first-order chi connectivity index (χ1) is 16.0. The summed E-state index contributed by atoms with van der Waals surface area (Å²) in [7, 11) is 3.34. The van der Waals surface area contributed by atoms with E-state index in [1.165, 1.54) is 0 Å². The first-order valence-corrected chi connectivity index (χ1v) is 12.1. The lowest BCUT2D eigenvalue weighted by molar-refractivity contribution is -0.133. The molecule has 10 nitrogen and oxygen atoms in total. The minimum Gasteiger partial charge on any atom is -0.357 e. The molecule has 4 amide bonds. The summed E-state index contributed by atoms with van der Waals surface area (Å²) in [5.41, 5.74) is 1.32. The van der Waals surface area contributed by atoms with E-state index < -0.39 is 12.1 Å². The topological polar surface area (TPSA) is 125 Å². The molecule has 1 aromatic heterocycles. The molecule has 0 saturated carbocycles. The summed E-state index contributed by atoms with van der Waals surface area (Å²) in [6, 6.07) is 0.607. The van der Waals surface area contributed by atoms with Crippen LogP contribution in [0.2, 0.25) is 0 Å². The molecule has 0 spiro atoms. The number of carbonyl (C=O) groups excluding carboxylic acids is 4.